The first-order chi connectivity index (χ1) is 4.83. The largest absolute Gasteiger partial charge is 0.192 e. The molecule has 0 saturated heterocycles. The van der Waals surface area contributed by atoms with E-state index in [0.29, 0.717) is 5.92 Å². The summed E-state index contributed by atoms with van der Waals surface area (Å²) in [6.07, 6.45) is 8.13. The van der Waals surface area contributed by atoms with Crippen LogP contribution in [0.5, 0.6) is 0 Å². The second kappa shape index (κ2) is 3.22. The van der Waals surface area contributed by atoms with Crippen LogP contribution in [0.4, 0.5) is 0 Å². The van der Waals surface area contributed by atoms with Crippen molar-refractivity contribution in [2.45, 2.75) is 19.8 Å². The van der Waals surface area contributed by atoms with Crippen molar-refractivity contribution in [3.8, 4) is 6.07 Å². The Labute approximate surface area is 61.7 Å². The number of nitriles is 1. The van der Waals surface area contributed by atoms with E-state index in [9.17, 15) is 0 Å². The molecule has 0 aliphatic heterocycles. The fourth-order valence-corrected chi connectivity index (χ4v) is 1.00. The summed E-state index contributed by atoms with van der Waals surface area (Å²) < 4.78 is 0. The normalized spacial score (nSPS) is 24.8. The van der Waals surface area contributed by atoms with E-state index in [-0.39, 0.29) is 0 Å². The molecule has 0 fully saturated rings. The monoisotopic (exact) mass is 133 g/mol. The molecule has 1 atom stereocenters. The first-order valence-corrected chi connectivity index (χ1v) is 3.59. The minimum atomic E-state index is 0.696. The molecule has 0 aromatic rings. The third-order valence-corrected chi connectivity index (χ3v) is 1.71. The maximum atomic E-state index is 8.53. The molecule has 0 amide bonds. The lowest BCUT2D eigenvalue weighted by molar-refractivity contribution is 0.606. The third kappa shape index (κ3) is 1.73. The van der Waals surface area contributed by atoms with Gasteiger partial charge in [-0.2, -0.15) is 5.26 Å². The lowest BCUT2D eigenvalue weighted by atomic mass is 10.1. The quantitative estimate of drug-likeness (QED) is 0.498. The minimum Gasteiger partial charge on any atom is -0.192 e. The third-order valence-electron chi connectivity index (χ3n) is 1.71. The Balaban J connectivity index is 2.68. The second-order valence-corrected chi connectivity index (χ2v) is 2.75. The van der Waals surface area contributed by atoms with Crippen LogP contribution >= 0.6 is 0 Å². The van der Waals surface area contributed by atoms with Crippen LogP contribution in [0.15, 0.2) is 23.8 Å². The van der Waals surface area contributed by atoms with Crippen LogP contribution in [-0.2, 0) is 0 Å². The molecular formula is C9H11N. The SMILES string of the molecule is CC1CC=CC(C#N)=CC1. The zero-order chi connectivity index (χ0) is 7.40. The highest BCUT2D eigenvalue weighted by molar-refractivity contribution is 5.33. The van der Waals surface area contributed by atoms with Crippen molar-refractivity contribution in [1.29, 1.82) is 5.26 Å². The number of hydrogen-bond acceptors (Lipinski definition) is 1. The van der Waals surface area contributed by atoms with Gasteiger partial charge in [0.25, 0.3) is 0 Å². The summed E-state index contributed by atoms with van der Waals surface area (Å²) in [6, 6.07) is 2.14. The van der Waals surface area contributed by atoms with Crippen LogP contribution in [0.3, 0.4) is 0 Å². The second-order valence-electron chi connectivity index (χ2n) is 2.75. The lowest BCUT2D eigenvalue weighted by Gasteiger charge is -2.00. The van der Waals surface area contributed by atoms with Gasteiger partial charge in [0.05, 0.1) is 6.07 Å². The van der Waals surface area contributed by atoms with Crippen molar-refractivity contribution in [2.75, 3.05) is 0 Å². The van der Waals surface area contributed by atoms with Crippen LogP contribution in [-0.4, -0.2) is 0 Å². The van der Waals surface area contributed by atoms with Gasteiger partial charge in [0, 0.05) is 5.57 Å². The van der Waals surface area contributed by atoms with E-state index in [1.807, 2.05) is 12.2 Å². The molecule has 10 heavy (non-hydrogen) atoms. The summed E-state index contributed by atoms with van der Waals surface area (Å²) in [5, 5.41) is 8.53. The van der Waals surface area contributed by atoms with Gasteiger partial charge in [-0.3, -0.25) is 0 Å². The standard InChI is InChI=1S/C9H11N/c1-8-3-2-4-9(7-10)6-5-8/h2,4,6,8H,3,5H2,1H3. The zero-order valence-electron chi connectivity index (χ0n) is 6.17. The van der Waals surface area contributed by atoms with Crippen molar-refractivity contribution in [3.05, 3.63) is 23.8 Å². The van der Waals surface area contributed by atoms with Crippen LogP contribution in [0.2, 0.25) is 0 Å². The number of allylic oxidation sites excluding steroid dienone is 4. The Morgan fingerprint density at radius 3 is 3.10 bits per heavy atom. The van der Waals surface area contributed by atoms with E-state index in [1.54, 1.807) is 0 Å². The first-order valence-electron chi connectivity index (χ1n) is 3.59. The molecule has 0 heterocycles. The molecule has 1 unspecified atom stereocenters. The molecule has 52 valence electrons. The number of nitrogens with zero attached hydrogens (tertiary/aromatic N) is 1. The molecular weight excluding hydrogens is 122 g/mol. The smallest absolute Gasteiger partial charge is 0.0988 e. The van der Waals surface area contributed by atoms with Crippen molar-refractivity contribution >= 4 is 0 Å². The summed E-state index contributed by atoms with van der Waals surface area (Å²) >= 11 is 0. The van der Waals surface area contributed by atoms with E-state index < -0.39 is 0 Å². The van der Waals surface area contributed by atoms with E-state index >= 15 is 0 Å². The molecule has 1 rings (SSSR count). The van der Waals surface area contributed by atoms with Gasteiger partial charge < -0.3 is 0 Å². The average molecular weight is 133 g/mol. The van der Waals surface area contributed by atoms with Gasteiger partial charge in [-0.1, -0.05) is 19.1 Å². The predicted molar refractivity (Wildman–Crippen MR) is 41.2 cm³/mol. The molecule has 1 nitrogen and oxygen atoms in total. The average Bonchev–Trinajstić information content (AvgIpc) is 2.14. The Morgan fingerprint density at radius 2 is 2.40 bits per heavy atom. The first kappa shape index (κ1) is 7.08. The van der Waals surface area contributed by atoms with Crippen molar-refractivity contribution in [1.82, 2.24) is 0 Å². The molecule has 1 aliphatic carbocycles. The maximum Gasteiger partial charge on any atom is 0.0988 e. The molecule has 0 N–H and O–H groups in total. The molecule has 0 bridgehead atoms. The Morgan fingerprint density at radius 1 is 1.60 bits per heavy atom. The highest BCUT2D eigenvalue weighted by atomic mass is 14.2. The van der Waals surface area contributed by atoms with Crippen LogP contribution in [0.25, 0.3) is 0 Å². The van der Waals surface area contributed by atoms with Crippen molar-refractivity contribution in [2.24, 2.45) is 5.92 Å². The van der Waals surface area contributed by atoms with Crippen molar-refractivity contribution in [3.63, 3.8) is 0 Å². The molecule has 0 aromatic heterocycles. The van der Waals surface area contributed by atoms with Gasteiger partial charge in [-0.25, -0.2) is 0 Å². The molecule has 0 aromatic carbocycles. The number of rotatable bonds is 0. The van der Waals surface area contributed by atoms with Gasteiger partial charge in [-0.05, 0) is 24.8 Å². The Hall–Kier alpha value is -1.03. The maximum absolute atomic E-state index is 8.53. The zero-order valence-corrected chi connectivity index (χ0v) is 6.17. The summed E-state index contributed by atoms with van der Waals surface area (Å²) in [5.74, 6) is 0.696. The van der Waals surface area contributed by atoms with Gasteiger partial charge in [0.2, 0.25) is 0 Å². The summed E-state index contributed by atoms with van der Waals surface area (Å²) in [5.41, 5.74) is 0.810. The van der Waals surface area contributed by atoms with Crippen LogP contribution in [0, 0.1) is 17.2 Å². The summed E-state index contributed by atoms with van der Waals surface area (Å²) in [7, 11) is 0. The highest BCUT2D eigenvalue weighted by Gasteiger charge is 2.01. The number of hydrogen-bond donors (Lipinski definition) is 0. The van der Waals surface area contributed by atoms with E-state index in [0.717, 1.165) is 18.4 Å². The van der Waals surface area contributed by atoms with E-state index in [4.69, 9.17) is 5.26 Å². The van der Waals surface area contributed by atoms with E-state index in [1.165, 1.54) is 0 Å². The predicted octanol–water partition coefficient (Wildman–Crippen LogP) is 2.42. The van der Waals surface area contributed by atoms with E-state index in [2.05, 4.69) is 19.1 Å². The molecule has 1 aliphatic rings. The molecule has 0 saturated carbocycles. The summed E-state index contributed by atoms with van der Waals surface area (Å²) in [4.78, 5) is 0. The van der Waals surface area contributed by atoms with Gasteiger partial charge in [0.1, 0.15) is 0 Å². The van der Waals surface area contributed by atoms with Crippen LogP contribution in [0.1, 0.15) is 19.8 Å². The topological polar surface area (TPSA) is 23.8 Å². The molecule has 0 radical (unpaired) electrons. The molecule has 0 spiro atoms. The van der Waals surface area contributed by atoms with Crippen molar-refractivity contribution < 1.29 is 0 Å². The highest BCUT2D eigenvalue weighted by Crippen LogP contribution is 2.15. The molecule has 1 heteroatoms. The minimum absolute atomic E-state index is 0.696. The van der Waals surface area contributed by atoms with Gasteiger partial charge in [-0.15, -0.1) is 0 Å². The Bertz CT molecular complexity index is 205. The Kier molecular flexibility index (Phi) is 2.28. The van der Waals surface area contributed by atoms with Gasteiger partial charge in [0.15, 0.2) is 0 Å². The lowest BCUT2D eigenvalue weighted by Crippen LogP contribution is -1.87. The summed E-state index contributed by atoms with van der Waals surface area (Å²) in [6.45, 7) is 2.20. The fraction of sp³-hybridized carbons (Fsp3) is 0.444. The van der Waals surface area contributed by atoms with Crippen LogP contribution < -0.4 is 0 Å². The van der Waals surface area contributed by atoms with Gasteiger partial charge >= 0.3 is 0 Å². The fourth-order valence-electron chi connectivity index (χ4n) is 1.00.